The molecule has 24 heavy (non-hydrogen) atoms. The van der Waals surface area contributed by atoms with Crippen molar-refractivity contribution in [2.45, 2.75) is 33.7 Å². The van der Waals surface area contributed by atoms with Crippen LogP contribution in [-0.2, 0) is 17.8 Å². The number of rotatable bonds is 4. The van der Waals surface area contributed by atoms with Crippen LogP contribution in [0.2, 0.25) is 0 Å². The third-order valence-corrected chi connectivity index (χ3v) is 5.65. The predicted octanol–water partition coefficient (Wildman–Crippen LogP) is 2.96. The Balaban J connectivity index is 1.50. The predicted molar refractivity (Wildman–Crippen MR) is 98.3 cm³/mol. The quantitative estimate of drug-likeness (QED) is 0.856. The number of amides is 1. The minimum atomic E-state index is 0.237. The zero-order valence-electron chi connectivity index (χ0n) is 14.7. The molecule has 128 valence electrons. The summed E-state index contributed by atoms with van der Waals surface area (Å²) in [5.41, 5.74) is 3.46. The lowest BCUT2D eigenvalue weighted by Crippen LogP contribution is -2.48. The molecule has 0 radical (unpaired) electrons. The Morgan fingerprint density at radius 1 is 1.17 bits per heavy atom. The Kier molecular flexibility index (Phi) is 5.31. The van der Waals surface area contributed by atoms with Crippen LogP contribution in [0.15, 0.2) is 24.3 Å². The van der Waals surface area contributed by atoms with E-state index in [9.17, 15) is 4.79 Å². The first-order valence-electron chi connectivity index (χ1n) is 8.50. The third kappa shape index (κ3) is 4.22. The molecule has 1 aromatic carbocycles. The van der Waals surface area contributed by atoms with Crippen molar-refractivity contribution in [1.82, 2.24) is 14.8 Å². The van der Waals surface area contributed by atoms with Gasteiger partial charge in [-0.3, -0.25) is 9.69 Å². The number of piperazine rings is 1. The van der Waals surface area contributed by atoms with Gasteiger partial charge in [0.1, 0.15) is 5.01 Å². The maximum atomic E-state index is 12.5. The summed E-state index contributed by atoms with van der Waals surface area (Å²) in [6, 6.07) is 8.22. The number of aromatic nitrogens is 1. The first-order valence-corrected chi connectivity index (χ1v) is 9.31. The van der Waals surface area contributed by atoms with E-state index in [4.69, 9.17) is 0 Å². The normalized spacial score (nSPS) is 15.7. The van der Waals surface area contributed by atoms with E-state index >= 15 is 0 Å². The standard InChI is InChI=1S/C19H25N3OS/c1-14-5-4-6-17(11-14)12-19(23)22-9-7-21(8-10-22)13-18-20-15(2)16(3)24-18/h4-6,11H,7-10,12-13H2,1-3H3. The van der Waals surface area contributed by atoms with E-state index in [2.05, 4.69) is 42.8 Å². The molecule has 5 heteroatoms. The SMILES string of the molecule is Cc1cccc(CC(=O)N2CCN(Cc3nc(C)c(C)s3)CC2)c1. The monoisotopic (exact) mass is 343 g/mol. The van der Waals surface area contributed by atoms with Gasteiger partial charge in [-0.05, 0) is 26.3 Å². The molecular weight excluding hydrogens is 318 g/mol. The third-order valence-electron chi connectivity index (χ3n) is 4.59. The average molecular weight is 343 g/mol. The second-order valence-corrected chi connectivity index (χ2v) is 7.86. The molecule has 0 saturated carbocycles. The largest absolute Gasteiger partial charge is 0.340 e. The molecule has 1 amide bonds. The van der Waals surface area contributed by atoms with Crippen LogP contribution in [0.1, 0.15) is 26.7 Å². The topological polar surface area (TPSA) is 36.4 Å². The Hall–Kier alpha value is -1.72. The van der Waals surface area contributed by atoms with Gasteiger partial charge in [0.2, 0.25) is 5.91 Å². The molecule has 0 spiro atoms. The summed E-state index contributed by atoms with van der Waals surface area (Å²) in [5.74, 6) is 0.237. The smallest absolute Gasteiger partial charge is 0.227 e. The summed E-state index contributed by atoms with van der Waals surface area (Å²) < 4.78 is 0. The number of benzene rings is 1. The fraction of sp³-hybridized carbons (Fsp3) is 0.474. The lowest BCUT2D eigenvalue weighted by Gasteiger charge is -2.34. The van der Waals surface area contributed by atoms with Crippen LogP contribution in [0, 0.1) is 20.8 Å². The molecule has 2 heterocycles. The van der Waals surface area contributed by atoms with Crippen LogP contribution in [-0.4, -0.2) is 46.9 Å². The molecule has 3 rings (SSSR count). The molecule has 0 atom stereocenters. The van der Waals surface area contributed by atoms with Gasteiger partial charge >= 0.3 is 0 Å². The van der Waals surface area contributed by atoms with E-state index in [0.717, 1.165) is 44.0 Å². The summed E-state index contributed by atoms with van der Waals surface area (Å²) in [6.07, 6.45) is 0.506. The Labute approximate surface area is 148 Å². The van der Waals surface area contributed by atoms with Crippen LogP contribution >= 0.6 is 11.3 Å². The molecule has 1 saturated heterocycles. The second-order valence-electron chi connectivity index (χ2n) is 6.57. The van der Waals surface area contributed by atoms with Crippen molar-refractivity contribution < 1.29 is 4.79 Å². The minimum Gasteiger partial charge on any atom is -0.340 e. The Morgan fingerprint density at radius 3 is 2.54 bits per heavy atom. The van der Waals surface area contributed by atoms with E-state index in [1.807, 2.05) is 17.0 Å². The van der Waals surface area contributed by atoms with Gasteiger partial charge in [-0.25, -0.2) is 4.98 Å². The van der Waals surface area contributed by atoms with E-state index in [0.29, 0.717) is 6.42 Å². The molecule has 0 bridgehead atoms. The van der Waals surface area contributed by atoms with E-state index in [-0.39, 0.29) is 5.91 Å². The maximum absolute atomic E-state index is 12.5. The lowest BCUT2D eigenvalue weighted by atomic mass is 10.1. The van der Waals surface area contributed by atoms with Gasteiger partial charge in [0.25, 0.3) is 0 Å². The fourth-order valence-corrected chi connectivity index (χ4v) is 4.04. The van der Waals surface area contributed by atoms with Crippen molar-refractivity contribution >= 4 is 17.2 Å². The number of carbonyl (C=O) groups excluding carboxylic acids is 1. The number of carbonyl (C=O) groups is 1. The number of hydrogen-bond donors (Lipinski definition) is 0. The highest BCUT2D eigenvalue weighted by molar-refractivity contribution is 7.11. The fourth-order valence-electron chi connectivity index (χ4n) is 3.06. The van der Waals surface area contributed by atoms with Crippen LogP contribution in [0.25, 0.3) is 0 Å². The van der Waals surface area contributed by atoms with Gasteiger partial charge in [-0.2, -0.15) is 0 Å². The molecule has 0 aliphatic carbocycles. The summed E-state index contributed by atoms with van der Waals surface area (Å²) >= 11 is 1.78. The first-order chi connectivity index (χ1) is 11.5. The highest BCUT2D eigenvalue weighted by Gasteiger charge is 2.22. The molecule has 1 aliphatic heterocycles. The van der Waals surface area contributed by atoms with Crippen molar-refractivity contribution in [2.75, 3.05) is 26.2 Å². The molecular formula is C19H25N3OS. The van der Waals surface area contributed by atoms with Crippen molar-refractivity contribution in [3.05, 3.63) is 51.0 Å². The molecule has 0 N–H and O–H groups in total. The van der Waals surface area contributed by atoms with Gasteiger partial charge in [0, 0.05) is 31.1 Å². The van der Waals surface area contributed by atoms with E-state index in [1.165, 1.54) is 15.4 Å². The van der Waals surface area contributed by atoms with Crippen molar-refractivity contribution in [2.24, 2.45) is 0 Å². The van der Waals surface area contributed by atoms with Gasteiger partial charge < -0.3 is 4.90 Å². The van der Waals surface area contributed by atoms with E-state index < -0.39 is 0 Å². The van der Waals surface area contributed by atoms with Crippen molar-refractivity contribution in [3.8, 4) is 0 Å². The molecule has 2 aromatic rings. The van der Waals surface area contributed by atoms with Gasteiger partial charge in [0.15, 0.2) is 0 Å². The molecule has 4 nitrogen and oxygen atoms in total. The zero-order valence-corrected chi connectivity index (χ0v) is 15.5. The van der Waals surface area contributed by atoms with Crippen molar-refractivity contribution in [1.29, 1.82) is 0 Å². The van der Waals surface area contributed by atoms with Gasteiger partial charge in [-0.1, -0.05) is 29.8 Å². The van der Waals surface area contributed by atoms with Crippen molar-refractivity contribution in [3.63, 3.8) is 0 Å². The van der Waals surface area contributed by atoms with Gasteiger partial charge in [0.05, 0.1) is 18.7 Å². The van der Waals surface area contributed by atoms with Crippen LogP contribution in [0.3, 0.4) is 0 Å². The first kappa shape index (κ1) is 17.1. The molecule has 0 unspecified atom stereocenters. The molecule has 1 aromatic heterocycles. The summed E-state index contributed by atoms with van der Waals surface area (Å²) in [6.45, 7) is 10.6. The van der Waals surface area contributed by atoms with Crippen LogP contribution < -0.4 is 0 Å². The summed E-state index contributed by atoms with van der Waals surface area (Å²) in [4.78, 5) is 22.8. The number of aryl methyl sites for hydroxylation is 3. The Morgan fingerprint density at radius 2 is 1.92 bits per heavy atom. The lowest BCUT2D eigenvalue weighted by molar-refractivity contribution is -0.132. The van der Waals surface area contributed by atoms with E-state index in [1.54, 1.807) is 11.3 Å². The van der Waals surface area contributed by atoms with Crippen LogP contribution in [0.5, 0.6) is 0 Å². The zero-order chi connectivity index (χ0) is 17.1. The molecule has 1 fully saturated rings. The number of hydrogen-bond acceptors (Lipinski definition) is 4. The second kappa shape index (κ2) is 7.45. The van der Waals surface area contributed by atoms with Crippen LogP contribution in [0.4, 0.5) is 0 Å². The Bertz CT molecular complexity index is 698. The minimum absolute atomic E-state index is 0.237. The molecule has 1 aliphatic rings. The highest BCUT2D eigenvalue weighted by Crippen LogP contribution is 2.19. The summed E-state index contributed by atoms with van der Waals surface area (Å²) in [7, 11) is 0. The average Bonchev–Trinajstić information content (AvgIpc) is 2.86. The number of thiazole rings is 1. The maximum Gasteiger partial charge on any atom is 0.227 e. The number of nitrogens with zero attached hydrogens (tertiary/aromatic N) is 3. The summed E-state index contributed by atoms with van der Waals surface area (Å²) in [5, 5.41) is 1.18. The van der Waals surface area contributed by atoms with Gasteiger partial charge in [-0.15, -0.1) is 11.3 Å². The highest BCUT2D eigenvalue weighted by atomic mass is 32.1.